The lowest BCUT2D eigenvalue weighted by Crippen LogP contribution is -2.29. The number of rotatable bonds is 7. The summed E-state index contributed by atoms with van der Waals surface area (Å²) in [6, 6.07) is 5.31. The zero-order valence-electron chi connectivity index (χ0n) is 10.8. The molecule has 96 valence electrons. The van der Waals surface area contributed by atoms with Crippen LogP contribution in [0.25, 0.3) is 0 Å². The molecule has 0 saturated heterocycles. The van der Waals surface area contributed by atoms with Crippen LogP contribution in [-0.2, 0) is 6.42 Å². The number of nitrogens with one attached hydrogen (secondary N) is 1. The molecule has 0 aliphatic heterocycles. The molecule has 0 aliphatic carbocycles. The highest BCUT2D eigenvalue weighted by atomic mass is 19.1. The van der Waals surface area contributed by atoms with Gasteiger partial charge in [0.15, 0.2) is 0 Å². The fourth-order valence-corrected chi connectivity index (χ4v) is 1.80. The van der Waals surface area contributed by atoms with Gasteiger partial charge in [0, 0.05) is 0 Å². The molecule has 1 unspecified atom stereocenters. The molecule has 1 aromatic rings. The van der Waals surface area contributed by atoms with E-state index in [9.17, 15) is 4.39 Å². The van der Waals surface area contributed by atoms with E-state index in [0.717, 1.165) is 38.0 Å². The summed E-state index contributed by atoms with van der Waals surface area (Å²) in [6.45, 7) is 6.57. The van der Waals surface area contributed by atoms with Gasteiger partial charge in [-0.15, -0.1) is 0 Å². The Kier molecular flexibility index (Phi) is 6.16. The van der Waals surface area contributed by atoms with Gasteiger partial charge in [0.1, 0.15) is 5.82 Å². The van der Waals surface area contributed by atoms with Crippen LogP contribution in [0.3, 0.4) is 0 Å². The number of hydrogen-bond acceptors (Lipinski definition) is 2. The van der Waals surface area contributed by atoms with Crippen molar-refractivity contribution in [2.24, 2.45) is 11.7 Å². The van der Waals surface area contributed by atoms with Gasteiger partial charge in [0.2, 0.25) is 0 Å². The van der Waals surface area contributed by atoms with Gasteiger partial charge in [-0.3, -0.25) is 0 Å². The lowest BCUT2D eigenvalue weighted by Gasteiger charge is -2.13. The first-order chi connectivity index (χ1) is 8.17. The molecular weight excluding hydrogens is 215 g/mol. The number of benzene rings is 1. The average Bonchev–Trinajstić information content (AvgIpc) is 2.34. The van der Waals surface area contributed by atoms with Crippen molar-refractivity contribution >= 4 is 0 Å². The third-order valence-corrected chi connectivity index (χ3v) is 3.16. The summed E-state index contributed by atoms with van der Waals surface area (Å²) < 4.78 is 13.1. The van der Waals surface area contributed by atoms with Crippen molar-refractivity contribution in [3.8, 4) is 0 Å². The SMILES string of the molecule is CCC(CN)CNCCc1ccc(F)c(C)c1. The number of halogens is 1. The number of hydrogen-bond donors (Lipinski definition) is 2. The number of nitrogens with two attached hydrogens (primary N) is 1. The molecule has 3 heteroatoms. The second-order valence-electron chi connectivity index (χ2n) is 4.55. The maximum atomic E-state index is 13.1. The topological polar surface area (TPSA) is 38.0 Å². The van der Waals surface area contributed by atoms with Crippen LogP contribution in [-0.4, -0.2) is 19.6 Å². The van der Waals surface area contributed by atoms with E-state index in [1.54, 1.807) is 13.0 Å². The van der Waals surface area contributed by atoms with E-state index in [1.165, 1.54) is 5.56 Å². The van der Waals surface area contributed by atoms with Crippen molar-refractivity contribution in [2.45, 2.75) is 26.7 Å². The summed E-state index contributed by atoms with van der Waals surface area (Å²) in [5.41, 5.74) is 7.53. The first-order valence-corrected chi connectivity index (χ1v) is 6.33. The first-order valence-electron chi connectivity index (χ1n) is 6.33. The van der Waals surface area contributed by atoms with Gasteiger partial charge in [0.05, 0.1) is 0 Å². The van der Waals surface area contributed by atoms with Gasteiger partial charge in [-0.2, -0.15) is 0 Å². The summed E-state index contributed by atoms with van der Waals surface area (Å²) in [7, 11) is 0. The van der Waals surface area contributed by atoms with Crippen LogP contribution in [0.2, 0.25) is 0 Å². The Labute approximate surface area is 103 Å². The summed E-state index contributed by atoms with van der Waals surface area (Å²) in [5.74, 6) is 0.431. The molecule has 0 saturated carbocycles. The lowest BCUT2D eigenvalue weighted by atomic mass is 10.1. The minimum Gasteiger partial charge on any atom is -0.330 e. The largest absolute Gasteiger partial charge is 0.330 e. The minimum atomic E-state index is -0.129. The monoisotopic (exact) mass is 238 g/mol. The Morgan fingerprint density at radius 3 is 2.76 bits per heavy atom. The van der Waals surface area contributed by atoms with Crippen molar-refractivity contribution in [2.75, 3.05) is 19.6 Å². The molecule has 1 aromatic carbocycles. The van der Waals surface area contributed by atoms with E-state index in [2.05, 4.69) is 12.2 Å². The summed E-state index contributed by atoms with van der Waals surface area (Å²) in [5, 5.41) is 3.40. The third kappa shape index (κ3) is 4.84. The van der Waals surface area contributed by atoms with Gasteiger partial charge in [0.25, 0.3) is 0 Å². The average molecular weight is 238 g/mol. The molecular formula is C14H23FN2. The zero-order valence-corrected chi connectivity index (χ0v) is 10.8. The number of aryl methyl sites for hydroxylation is 1. The van der Waals surface area contributed by atoms with Gasteiger partial charge in [-0.1, -0.05) is 25.5 Å². The third-order valence-electron chi connectivity index (χ3n) is 3.16. The Morgan fingerprint density at radius 2 is 2.18 bits per heavy atom. The van der Waals surface area contributed by atoms with Crippen LogP contribution in [0.15, 0.2) is 18.2 Å². The van der Waals surface area contributed by atoms with Crippen molar-refractivity contribution < 1.29 is 4.39 Å². The normalized spacial score (nSPS) is 12.7. The fourth-order valence-electron chi connectivity index (χ4n) is 1.80. The quantitative estimate of drug-likeness (QED) is 0.715. The standard InChI is InChI=1S/C14H23FN2/c1-3-12(9-16)10-17-7-6-13-4-5-14(15)11(2)8-13/h4-5,8,12,17H,3,6-7,9-10,16H2,1-2H3. The summed E-state index contributed by atoms with van der Waals surface area (Å²) in [6.07, 6.45) is 2.04. The van der Waals surface area contributed by atoms with Crippen molar-refractivity contribution in [3.05, 3.63) is 35.1 Å². The molecule has 1 rings (SSSR count). The Hall–Kier alpha value is -0.930. The second kappa shape index (κ2) is 7.41. The Morgan fingerprint density at radius 1 is 1.41 bits per heavy atom. The maximum absolute atomic E-state index is 13.1. The van der Waals surface area contributed by atoms with Crippen LogP contribution in [0, 0.1) is 18.7 Å². The van der Waals surface area contributed by atoms with Crippen LogP contribution < -0.4 is 11.1 Å². The molecule has 0 heterocycles. The molecule has 0 amide bonds. The van der Waals surface area contributed by atoms with Crippen LogP contribution in [0.4, 0.5) is 4.39 Å². The minimum absolute atomic E-state index is 0.129. The van der Waals surface area contributed by atoms with Gasteiger partial charge in [-0.05, 0) is 56.1 Å². The van der Waals surface area contributed by atoms with Crippen LogP contribution in [0.5, 0.6) is 0 Å². The molecule has 3 N–H and O–H groups in total. The smallest absolute Gasteiger partial charge is 0.126 e. The van der Waals surface area contributed by atoms with E-state index in [-0.39, 0.29) is 5.82 Å². The van der Waals surface area contributed by atoms with E-state index in [4.69, 9.17) is 5.73 Å². The Balaban J connectivity index is 2.28. The van der Waals surface area contributed by atoms with Gasteiger partial charge >= 0.3 is 0 Å². The van der Waals surface area contributed by atoms with Crippen LogP contribution >= 0.6 is 0 Å². The molecule has 2 nitrogen and oxygen atoms in total. The van der Waals surface area contributed by atoms with Crippen molar-refractivity contribution in [1.82, 2.24) is 5.32 Å². The van der Waals surface area contributed by atoms with E-state index < -0.39 is 0 Å². The van der Waals surface area contributed by atoms with E-state index in [1.807, 2.05) is 12.1 Å². The highest BCUT2D eigenvalue weighted by molar-refractivity contribution is 5.24. The molecule has 17 heavy (non-hydrogen) atoms. The predicted molar refractivity (Wildman–Crippen MR) is 70.5 cm³/mol. The Bertz CT molecular complexity index is 335. The van der Waals surface area contributed by atoms with Gasteiger partial charge in [-0.25, -0.2) is 4.39 Å². The molecule has 0 bridgehead atoms. The summed E-state index contributed by atoms with van der Waals surface area (Å²) in [4.78, 5) is 0. The highest BCUT2D eigenvalue weighted by Crippen LogP contribution is 2.09. The van der Waals surface area contributed by atoms with E-state index >= 15 is 0 Å². The van der Waals surface area contributed by atoms with Crippen LogP contribution in [0.1, 0.15) is 24.5 Å². The fraction of sp³-hybridized carbons (Fsp3) is 0.571. The van der Waals surface area contributed by atoms with Gasteiger partial charge < -0.3 is 11.1 Å². The highest BCUT2D eigenvalue weighted by Gasteiger charge is 2.03. The second-order valence-corrected chi connectivity index (χ2v) is 4.55. The molecule has 0 aromatic heterocycles. The molecule has 0 radical (unpaired) electrons. The molecule has 0 spiro atoms. The molecule has 1 atom stereocenters. The lowest BCUT2D eigenvalue weighted by molar-refractivity contribution is 0.473. The predicted octanol–water partition coefficient (Wildman–Crippen LogP) is 2.25. The first kappa shape index (κ1) is 14.1. The zero-order chi connectivity index (χ0) is 12.7. The molecule has 0 aliphatic rings. The maximum Gasteiger partial charge on any atom is 0.126 e. The summed E-state index contributed by atoms with van der Waals surface area (Å²) >= 11 is 0. The van der Waals surface area contributed by atoms with Crippen molar-refractivity contribution in [1.29, 1.82) is 0 Å². The van der Waals surface area contributed by atoms with Crippen molar-refractivity contribution in [3.63, 3.8) is 0 Å². The molecule has 0 fully saturated rings. The van der Waals surface area contributed by atoms with E-state index in [0.29, 0.717) is 5.92 Å².